The van der Waals surface area contributed by atoms with E-state index in [9.17, 15) is 13.2 Å². The number of aromatic nitrogens is 6. The SMILES string of the molecule is Cc1nn(C)cc1-c1cc(C(F)(F)F)nc(-n2nc(-c3ccc(Br)cc3)c(Cl)c2-c2ccc(Br)cc2)n1. The first-order chi connectivity index (χ1) is 17.5. The molecule has 5 aromatic rings. The fraction of sp³-hybridized carbons (Fsp3) is 0.120. The van der Waals surface area contributed by atoms with Gasteiger partial charge in [-0.3, -0.25) is 4.68 Å². The van der Waals surface area contributed by atoms with Crippen molar-refractivity contribution in [3.05, 3.63) is 86.2 Å². The highest BCUT2D eigenvalue weighted by molar-refractivity contribution is 9.10. The molecule has 0 amide bonds. The summed E-state index contributed by atoms with van der Waals surface area (Å²) < 4.78 is 46.4. The van der Waals surface area contributed by atoms with Gasteiger partial charge in [0.1, 0.15) is 5.69 Å². The molecule has 12 heteroatoms. The van der Waals surface area contributed by atoms with Crippen molar-refractivity contribution in [1.29, 1.82) is 0 Å². The first kappa shape index (κ1) is 25.6. The molecule has 0 aliphatic carbocycles. The number of benzene rings is 2. The molecule has 0 aliphatic rings. The smallest absolute Gasteiger partial charge is 0.275 e. The maximum absolute atomic E-state index is 14.0. The van der Waals surface area contributed by atoms with Crippen LogP contribution in [0.15, 0.2) is 69.7 Å². The Balaban J connectivity index is 1.80. The van der Waals surface area contributed by atoms with Crippen LogP contribution in [-0.4, -0.2) is 29.5 Å². The van der Waals surface area contributed by atoms with E-state index in [-0.39, 0.29) is 16.7 Å². The summed E-state index contributed by atoms with van der Waals surface area (Å²) >= 11 is 13.7. The summed E-state index contributed by atoms with van der Waals surface area (Å²) in [5.41, 5.74) is 2.00. The predicted molar refractivity (Wildman–Crippen MR) is 142 cm³/mol. The zero-order valence-electron chi connectivity index (χ0n) is 19.2. The van der Waals surface area contributed by atoms with Gasteiger partial charge in [0.25, 0.3) is 5.95 Å². The van der Waals surface area contributed by atoms with Crippen LogP contribution in [0.25, 0.3) is 39.7 Å². The summed E-state index contributed by atoms with van der Waals surface area (Å²) in [6.07, 6.45) is -3.10. The molecular weight excluding hydrogens is 637 g/mol. The summed E-state index contributed by atoms with van der Waals surface area (Å²) in [6, 6.07) is 15.4. The number of alkyl halides is 3. The second-order valence-electron chi connectivity index (χ2n) is 8.17. The Morgan fingerprint density at radius 2 is 1.46 bits per heavy atom. The van der Waals surface area contributed by atoms with Crippen LogP contribution in [-0.2, 0) is 13.2 Å². The van der Waals surface area contributed by atoms with E-state index >= 15 is 0 Å². The molecule has 37 heavy (non-hydrogen) atoms. The van der Waals surface area contributed by atoms with Gasteiger partial charge in [0.2, 0.25) is 0 Å². The van der Waals surface area contributed by atoms with Crippen molar-refractivity contribution in [2.45, 2.75) is 13.1 Å². The molecule has 0 bridgehead atoms. The summed E-state index contributed by atoms with van der Waals surface area (Å²) in [5.74, 6) is -0.267. The molecule has 0 fully saturated rings. The molecule has 0 saturated carbocycles. The van der Waals surface area contributed by atoms with E-state index in [0.717, 1.165) is 15.0 Å². The number of hydrogen-bond acceptors (Lipinski definition) is 4. The van der Waals surface area contributed by atoms with Gasteiger partial charge in [-0.05, 0) is 37.3 Å². The fourth-order valence-electron chi connectivity index (χ4n) is 3.86. The number of nitrogens with zero attached hydrogens (tertiary/aromatic N) is 6. The number of aryl methyl sites for hydroxylation is 2. The first-order valence-electron chi connectivity index (χ1n) is 10.8. The second kappa shape index (κ2) is 9.70. The van der Waals surface area contributed by atoms with Gasteiger partial charge in [-0.15, -0.1) is 0 Å². The van der Waals surface area contributed by atoms with E-state index in [0.29, 0.717) is 33.8 Å². The fourth-order valence-corrected chi connectivity index (χ4v) is 4.72. The molecule has 0 unspecified atom stereocenters. The van der Waals surface area contributed by atoms with E-state index in [4.69, 9.17) is 11.6 Å². The minimum Gasteiger partial charge on any atom is -0.275 e. The van der Waals surface area contributed by atoms with E-state index in [1.54, 1.807) is 44.4 Å². The molecule has 3 heterocycles. The van der Waals surface area contributed by atoms with Crippen LogP contribution in [0, 0.1) is 6.92 Å². The van der Waals surface area contributed by atoms with Crippen LogP contribution in [0.2, 0.25) is 5.02 Å². The lowest BCUT2D eigenvalue weighted by Gasteiger charge is -2.12. The first-order valence-corrected chi connectivity index (χ1v) is 12.8. The molecule has 0 spiro atoms. The molecule has 188 valence electrons. The molecule has 6 nitrogen and oxygen atoms in total. The largest absolute Gasteiger partial charge is 0.433 e. The van der Waals surface area contributed by atoms with Crippen molar-refractivity contribution < 1.29 is 13.2 Å². The normalized spacial score (nSPS) is 11.8. The topological polar surface area (TPSA) is 61.4 Å². The Hall–Kier alpha value is -3.02. The quantitative estimate of drug-likeness (QED) is 0.198. The summed E-state index contributed by atoms with van der Waals surface area (Å²) in [6.45, 7) is 1.70. The second-order valence-corrected chi connectivity index (χ2v) is 10.4. The zero-order valence-corrected chi connectivity index (χ0v) is 23.2. The molecule has 0 N–H and O–H groups in total. The Bertz CT molecular complexity index is 1610. The number of rotatable bonds is 4. The van der Waals surface area contributed by atoms with E-state index in [2.05, 4.69) is 52.0 Å². The molecule has 0 aliphatic heterocycles. The maximum atomic E-state index is 14.0. The van der Waals surface area contributed by atoms with Gasteiger partial charge in [-0.1, -0.05) is 67.7 Å². The molecule has 3 aromatic heterocycles. The van der Waals surface area contributed by atoms with Crippen LogP contribution in [0.3, 0.4) is 0 Å². The molecule has 0 saturated heterocycles. The Labute approximate surface area is 231 Å². The highest BCUT2D eigenvalue weighted by Gasteiger charge is 2.35. The van der Waals surface area contributed by atoms with Crippen molar-refractivity contribution in [2.75, 3.05) is 0 Å². The molecule has 5 rings (SSSR count). The van der Waals surface area contributed by atoms with E-state index < -0.39 is 11.9 Å². The van der Waals surface area contributed by atoms with Gasteiger partial charge in [0.05, 0.1) is 22.1 Å². The van der Waals surface area contributed by atoms with Gasteiger partial charge in [-0.2, -0.15) is 28.1 Å². The minimum absolute atomic E-state index is 0.0708. The van der Waals surface area contributed by atoms with E-state index in [1.165, 1.54) is 9.36 Å². The average molecular weight is 653 g/mol. The number of hydrogen-bond donors (Lipinski definition) is 0. The monoisotopic (exact) mass is 650 g/mol. The Morgan fingerprint density at radius 3 is 2.00 bits per heavy atom. The third-order valence-corrected chi connectivity index (χ3v) is 6.96. The Kier molecular flexibility index (Phi) is 6.71. The van der Waals surface area contributed by atoms with Crippen molar-refractivity contribution in [1.82, 2.24) is 29.5 Å². The lowest BCUT2D eigenvalue weighted by Crippen LogP contribution is -2.14. The third-order valence-electron chi connectivity index (χ3n) is 5.55. The van der Waals surface area contributed by atoms with E-state index in [1.807, 2.05) is 24.3 Å². The van der Waals surface area contributed by atoms with Gasteiger partial charge in [-0.25, -0.2) is 9.97 Å². The van der Waals surface area contributed by atoms with Crippen molar-refractivity contribution in [3.63, 3.8) is 0 Å². The lowest BCUT2D eigenvalue weighted by molar-refractivity contribution is -0.141. The summed E-state index contributed by atoms with van der Waals surface area (Å²) in [7, 11) is 1.69. The molecule has 0 radical (unpaired) electrons. The Morgan fingerprint density at radius 1 is 0.865 bits per heavy atom. The average Bonchev–Trinajstić information content (AvgIpc) is 3.37. The summed E-state index contributed by atoms with van der Waals surface area (Å²) in [5, 5.41) is 9.11. The zero-order chi connectivity index (χ0) is 26.5. The standard InChI is InChI=1S/C25H16Br2ClF3N6/c1-13-18(12-36(2)34-13)19-11-20(25(29,30)31)33-24(32-19)37-23(15-5-9-17(27)10-6-15)21(28)22(35-37)14-3-7-16(26)8-4-14/h3-12H,1-2H3. The predicted octanol–water partition coefficient (Wildman–Crippen LogP) is 7.90. The highest BCUT2D eigenvalue weighted by Crippen LogP contribution is 2.39. The maximum Gasteiger partial charge on any atom is 0.433 e. The van der Waals surface area contributed by atoms with Gasteiger partial charge < -0.3 is 0 Å². The lowest BCUT2D eigenvalue weighted by atomic mass is 10.1. The van der Waals surface area contributed by atoms with Crippen LogP contribution in [0.4, 0.5) is 13.2 Å². The van der Waals surface area contributed by atoms with Gasteiger partial charge in [0.15, 0.2) is 5.69 Å². The van der Waals surface area contributed by atoms with Gasteiger partial charge >= 0.3 is 6.18 Å². The van der Waals surface area contributed by atoms with Crippen LogP contribution < -0.4 is 0 Å². The van der Waals surface area contributed by atoms with Crippen molar-refractivity contribution in [2.24, 2.45) is 7.05 Å². The van der Waals surface area contributed by atoms with Crippen molar-refractivity contribution >= 4 is 43.5 Å². The molecule has 0 atom stereocenters. The third kappa shape index (κ3) is 5.07. The van der Waals surface area contributed by atoms with Crippen LogP contribution in [0.5, 0.6) is 0 Å². The van der Waals surface area contributed by atoms with Crippen LogP contribution in [0.1, 0.15) is 11.4 Å². The minimum atomic E-state index is -4.72. The number of halogens is 6. The van der Waals surface area contributed by atoms with Gasteiger partial charge in [0, 0.05) is 38.9 Å². The molecular formula is C25H16Br2ClF3N6. The van der Waals surface area contributed by atoms with Crippen LogP contribution >= 0.6 is 43.5 Å². The molecule has 2 aromatic carbocycles. The van der Waals surface area contributed by atoms with Crippen molar-refractivity contribution in [3.8, 4) is 39.7 Å². The highest BCUT2D eigenvalue weighted by atomic mass is 79.9. The summed E-state index contributed by atoms with van der Waals surface area (Å²) in [4.78, 5) is 8.35.